The lowest BCUT2D eigenvalue weighted by Gasteiger charge is -2.18. The van der Waals surface area contributed by atoms with Gasteiger partial charge in [0, 0.05) is 6.61 Å². The van der Waals surface area contributed by atoms with Crippen LogP contribution in [-0.4, -0.2) is 6.61 Å². The summed E-state index contributed by atoms with van der Waals surface area (Å²) in [6, 6.07) is 10.4. The molecule has 0 spiro atoms. The van der Waals surface area contributed by atoms with Gasteiger partial charge < -0.3 is 4.74 Å². The van der Waals surface area contributed by atoms with Gasteiger partial charge in [0.05, 0.1) is 0 Å². The highest BCUT2D eigenvalue weighted by Crippen LogP contribution is 2.29. The molecule has 1 unspecified atom stereocenters. The van der Waals surface area contributed by atoms with Crippen LogP contribution in [0.4, 0.5) is 0 Å². The lowest BCUT2D eigenvalue weighted by atomic mass is 10.0. The first-order valence-corrected chi connectivity index (χ1v) is 5.95. The number of hydrogen-bond donors (Lipinski definition) is 0. The maximum absolute atomic E-state index is 5.94. The molecule has 1 aliphatic carbocycles. The molecule has 1 aliphatic rings. The average Bonchev–Trinajstić information content (AvgIpc) is 2.85. The number of allylic oxidation sites excluding steroid dienone is 2. The highest BCUT2D eigenvalue weighted by atomic mass is 16.5. The zero-order valence-electron chi connectivity index (χ0n) is 9.73. The van der Waals surface area contributed by atoms with E-state index in [1.165, 1.54) is 11.1 Å². The predicted octanol–water partition coefficient (Wildman–Crippen LogP) is 4.04. The van der Waals surface area contributed by atoms with Crippen molar-refractivity contribution >= 4 is 0 Å². The second kappa shape index (κ2) is 5.66. The van der Waals surface area contributed by atoms with E-state index in [2.05, 4.69) is 49.4 Å². The normalized spacial score (nSPS) is 16.2. The molecule has 1 atom stereocenters. The molecule has 0 heterocycles. The minimum atomic E-state index is 0.111. The molecule has 1 nitrogen and oxygen atoms in total. The summed E-state index contributed by atoms with van der Waals surface area (Å²) in [7, 11) is 0. The van der Waals surface area contributed by atoms with Gasteiger partial charge in [-0.15, -0.1) is 0 Å². The summed E-state index contributed by atoms with van der Waals surface area (Å²) in [5.41, 5.74) is 2.54. The third kappa shape index (κ3) is 2.61. The second-order valence-electron chi connectivity index (χ2n) is 4.00. The van der Waals surface area contributed by atoms with Crippen molar-refractivity contribution in [1.82, 2.24) is 0 Å². The molecular weight excluding hydrogens is 196 g/mol. The van der Waals surface area contributed by atoms with Crippen LogP contribution in [0.3, 0.4) is 0 Å². The Labute approximate surface area is 97.4 Å². The van der Waals surface area contributed by atoms with E-state index in [4.69, 9.17) is 4.74 Å². The van der Waals surface area contributed by atoms with Gasteiger partial charge in [-0.05, 0) is 24.0 Å². The highest BCUT2D eigenvalue weighted by molar-refractivity contribution is 5.36. The summed E-state index contributed by atoms with van der Waals surface area (Å²) in [5, 5.41) is 0. The van der Waals surface area contributed by atoms with Gasteiger partial charge >= 0.3 is 0 Å². The highest BCUT2D eigenvalue weighted by Gasteiger charge is 2.16. The van der Waals surface area contributed by atoms with Crippen molar-refractivity contribution in [3.63, 3.8) is 0 Å². The van der Waals surface area contributed by atoms with Crippen molar-refractivity contribution in [2.45, 2.75) is 25.9 Å². The minimum Gasteiger partial charge on any atom is -0.369 e. The summed E-state index contributed by atoms with van der Waals surface area (Å²) >= 11 is 0. The first-order chi connectivity index (χ1) is 7.92. The molecule has 0 saturated heterocycles. The largest absolute Gasteiger partial charge is 0.369 e. The van der Waals surface area contributed by atoms with E-state index < -0.39 is 0 Å². The van der Waals surface area contributed by atoms with Crippen molar-refractivity contribution < 1.29 is 4.74 Å². The fourth-order valence-corrected chi connectivity index (χ4v) is 1.92. The quantitative estimate of drug-likeness (QED) is 0.718. The summed E-state index contributed by atoms with van der Waals surface area (Å²) in [5.74, 6) is 0. The van der Waals surface area contributed by atoms with Crippen LogP contribution in [0, 0.1) is 0 Å². The van der Waals surface area contributed by atoms with Gasteiger partial charge in [-0.3, -0.25) is 0 Å². The molecule has 1 heteroatoms. The fourth-order valence-electron chi connectivity index (χ4n) is 1.92. The molecule has 84 valence electrons. The van der Waals surface area contributed by atoms with E-state index in [0.717, 1.165) is 19.4 Å². The molecule has 0 amide bonds. The van der Waals surface area contributed by atoms with Gasteiger partial charge in [0.15, 0.2) is 0 Å². The van der Waals surface area contributed by atoms with Crippen molar-refractivity contribution in [2.75, 3.05) is 6.61 Å². The van der Waals surface area contributed by atoms with Crippen molar-refractivity contribution in [3.05, 3.63) is 59.7 Å². The van der Waals surface area contributed by atoms with Gasteiger partial charge in [-0.2, -0.15) is 0 Å². The first-order valence-electron chi connectivity index (χ1n) is 5.95. The molecule has 1 aromatic rings. The third-order valence-corrected chi connectivity index (χ3v) is 2.69. The van der Waals surface area contributed by atoms with E-state index in [0.29, 0.717) is 0 Å². The number of ether oxygens (including phenoxy) is 1. The molecule has 0 N–H and O–H groups in total. The Morgan fingerprint density at radius 1 is 1.25 bits per heavy atom. The van der Waals surface area contributed by atoms with Crippen molar-refractivity contribution in [2.24, 2.45) is 0 Å². The molecule has 2 rings (SSSR count). The van der Waals surface area contributed by atoms with Gasteiger partial charge in [0.1, 0.15) is 6.10 Å². The van der Waals surface area contributed by atoms with Gasteiger partial charge in [-0.1, -0.05) is 55.5 Å². The lowest BCUT2D eigenvalue weighted by molar-refractivity contribution is 0.0803. The Kier molecular flexibility index (Phi) is 3.95. The van der Waals surface area contributed by atoms with Crippen LogP contribution in [0.5, 0.6) is 0 Å². The Morgan fingerprint density at radius 2 is 2.06 bits per heavy atom. The van der Waals surface area contributed by atoms with Gasteiger partial charge in [-0.25, -0.2) is 0 Å². The molecule has 0 bridgehead atoms. The van der Waals surface area contributed by atoms with Crippen molar-refractivity contribution in [3.8, 4) is 0 Å². The third-order valence-electron chi connectivity index (χ3n) is 2.69. The molecule has 0 radical (unpaired) electrons. The van der Waals surface area contributed by atoms with Gasteiger partial charge in [0.25, 0.3) is 0 Å². The van der Waals surface area contributed by atoms with Gasteiger partial charge in [0.2, 0.25) is 0 Å². The van der Waals surface area contributed by atoms with Crippen molar-refractivity contribution in [1.29, 1.82) is 0 Å². The molecule has 0 aliphatic heterocycles. The number of rotatable bonds is 5. The fraction of sp³-hybridized carbons (Fsp3) is 0.333. The van der Waals surface area contributed by atoms with E-state index in [9.17, 15) is 0 Å². The van der Waals surface area contributed by atoms with Crippen LogP contribution >= 0.6 is 0 Å². The van der Waals surface area contributed by atoms with Crippen LogP contribution in [-0.2, 0) is 4.74 Å². The smallest absolute Gasteiger partial charge is 0.107 e. The zero-order valence-corrected chi connectivity index (χ0v) is 9.73. The molecule has 0 aromatic heterocycles. The minimum absolute atomic E-state index is 0.111. The van der Waals surface area contributed by atoms with E-state index >= 15 is 0 Å². The topological polar surface area (TPSA) is 9.23 Å². The molecular formula is C15H18O. The van der Waals surface area contributed by atoms with Crippen LogP contribution in [0.1, 0.15) is 31.4 Å². The average molecular weight is 214 g/mol. The molecule has 16 heavy (non-hydrogen) atoms. The second-order valence-corrected chi connectivity index (χ2v) is 4.00. The summed E-state index contributed by atoms with van der Waals surface area (Å²) in [6.45, 7) is 2.95. The summed E-state index contributed by atoms with van der Waals surface area (Å²) in [6.07, 6.45) is 8.80. The zero-order chi connectivity index (χ0) is 11.2. The van der Waals surface area contributed by atoms with Crippen LogP contribution in [0.25, 0.3) is 0 Å². The maximum Gasteiger partial charge on any atom is 0.107 e. The van der Waals surface area contributed by atoms with Crippen LogP contribution in [0.2, 0.25) is 0 Å². The molecule has 0 saturated carbocycles. The lowest BCUT2D eigenvalue weighted by Crippen LogP contribution is -2.06. The summed E-state index contributed by atoms with van der Waals surface area (Å²) in [4.78, 5) is 0. The molecule has 1 aromatic carbocycles. The van der Waals surface area contributed by atoms with Crippen LogP contribution < -0.4 is 0 Å². The van der Waals surface area contributed by atoms with Crippen LogP contribution in [0.15, 0.2) is 54.1 Å². The standard InChI is InChI=1S/C15H18O/c1-2-12-16-15(14-10-6-7-11-14)13-8-4-3-5-9-13/h3-6,8-11,15H,2,7,12H2,1H3. The van der Waals surface area contributed by atoms with E-state index in [1.54, 1.807) is 0 Å². The SMILES string of the molecule is CCCOC(C1=CCC=C1)c1ccccc1. The predicted molar refractivity (Wildman–Crippen MR) is 67.3 cm³/mol. The Hall–Kier alpha value is -1.34. The van der Waals surface area contributed by atoms with E-state index in [-0.39, 0.29) is 6.10 Å². The monoisotopic (exact) mass is 214 g/mol. The Bertz CT molecular complexity index is 376. The number of benzene rings is 1. The Balaban J connectivity index is 2.17. The maximum atomic E-state index is 5.94. The first kappa shape index (κ1) is 11.2. The molecule has 0 fully saturated rings. The van der Waals surface area contributed by atoms with E-state index in [1.807, 2.05) is 6.07 Å². The Morgan fingerprint density at radius 3 is 2.69 bits per heavy atom. The summed E-state index contributed by atoms with van der Waals surface area (Å²) < 4.78 is 5.94. The number of hydrogen-bond acceptors (Lipinski definition) is 1.